The van der Waals surface area contributed by atoms with Crippen LogP contribution >= 0.6 is 27.5 Å². The molecule has 1 heterocycles. The zero-order valence-electron chi connectivity index (χ0n) is 14.8. The standard InChI is InChI=1S/C20H14BrClN2O5/c21-14-3-8-17(29-20(26)18-2-1-9-27-18)13(10-14)11-23-24-19(25)12-28-16-6-4-15(22)5-7-16/h1-11H,12H2,(H,24,25). The van der Waals surface area contributed by atoms with Crippen LogP contribution < -0.4 is 14.9 Å². The molecule has 7 nitrogen and oxygen atoms in total. The maximum atomic E-state index is 12.1. The SMILES string of the molecule is O=C(COc1ccc(Cl)cc1)NN=Cc1cc(Br)ccc1OC(=O)c1ccco1. The number of rotatable bonds is 7. The van der Waals surface area contributed by atoms with E-state index in [1.54, 1.807) is 48.5 Å². The van der Waals surface area contributed by atoms with Gasteiger partial charge in [-0.25, -0.2) is 10.2 Å². The Labute approximate surface area is 179 Å². The van der Waals surface area contributed by atoms with Crippen molar-refractivity contribution in [1.82, 2.24) is 5.43 Å². The molecule has 0 unspecified atom stereocenters. The van der Waals surface area contributed by atoms with Gasteiger partial charge in [-0.2, -0.15) is 5.10 Å². The summed E-state index contributed by atoms with van der Waals surface area (Å²) in [5.41, 5.74) is 2.82. The molecule has 1 aromatic heterocycles. The highest BCUT2D eigenvalue weighted by atomic mass is 79.9. The van der Waals surface area contributed by atoms with Gasteiger partial charge < -0.3 is 13.9 Å². The second kappa shape index (κ2) is 9.90. The zero-order valence-corrected chi connectivity index (χ0v) is 17.1. The van der Waals surface area contributed by atoms with Crippen molar-refractivity contribution in [1.29, 1.82) is 0 Å². The number of hydrogen-bond donors (Lipinski definition) is 1. The van der Waals surface area contributed by atoms with Gasteiger partial charge in [0, 0.05) is 15.1 Å². The van der Waals surface area contributed by atoms with E-state index in [9.17, 15) is 9.59 Å². The van der Waals surface area contributed by atoms with Gasteiger partial charge in [-0.15, -0.1) is 0 Å². The number of carbonyl (C=O) groups is 2. The van der Waals surface area contributed by atoms with Crippen LogP contribution in [-0.2, 0) is 4.79 Å². The molecule has 0 spiro atoms. The van der Waals surface area contributed by atoms with Crippen LogP contribution in [-0.4, -0.2) is 24.7 Å². The maximum Gasteiger partial charge on any atom is 0.379 e. The number of esters is 1. The Hall–Kier alpha value is -3.10. The molecule has 9 heteroatoms. The summed E-state index contributed by atoms with van der Waals surface area (Å²) >= 11 is 9.13. The normalized spacial score (nSPS) is 10.7. The fourth-order valence-corrected chi connectivity index (χ4v) is 2.65. The van der Waals surface area contributed by atoms with Gasteiger partial charge in [0.1, 0.15) is 11.5 Å². The molecular weight excluding hydrogens is 464 g/mol. The summed E-state index contributed by atoms with van der Waals surface area (Å²) in [4.78, 5) is 23.9. The Kier molecular flexibility index (Phi) is 7.04. The first-order valence-corrected chi connectivity index (χ1v) is 9.44. The Morgan fingerprint density at radius 2 is 1.97 bits per heavy atom. The van der Waals surface area contributed by atoms with Crippen LogP contribution in [0.25, 0.3) is 0 Å². The molecule has 0 atom stereocenters. The minimum Gasteiger partial charge on any atom is -0.484 e. The van der Waals surface area contributed by atoms with Gasteiger partial charge in [0.2, 0.25) is 5.76 Å². The Morgan fingerprint density at radius 1 is 1.17 bits per heavy atom. The lowest BCUT2D eigenvalue weighted by molar-refractivity contribution is -0.123. The Bertz CT molecular complexity index is 1020. The Balaban J connectivity index is 1.59. The van der Waals surface area contributed by atoms with Crippen LogP contribution in [0.2, 0.25) is 5.02 Å². The average molecular weight is 478 g/mol. The molecule has 3 aromatic rings. The van der Waals surface area contributed by atoms with E-state index in [1.807, 2.05) is 0 Å². The predicted molar refractivity (Wildman–Crippen MR) is 110 cm³/mol. The van der Waals surface area contributed by atoms with E-state index < -0.39 is 11.9 Å². The lowest BCUT2D eigenvalue weighted by Crippen LogP contribution is -2.24. The largest absolute Gasteiger partial charge is 0.484 e. The first kappa shape index (κ1) is 20.6. The summed E-state index contributed by atoms with van der Waals surface area (Å²) in [6.07, 6.45) is 2.73. The topological polar surface area (TPSA) is 90.1 Å². The van der Waals surface area contributed by atoms with Crippen LogP contribution in [0.3, 0.4) is 0 Å². The maximum absolute atomic E-state index is 12.1. The van der Waals surface area contributed by atoms with Crippen molar-refractivity contribution >= 4 is 45.6 Å². The molecule has 0 aliphatic carbocycles. The molecule has 2 aromatic carbocycles. The van der Waals surface area contributed by atoms with E-state index in [0.29, 0.717) is 16.3 Å². The monoisotopic (exact) mass is 476 g/mol. The number of ether oxygens (including phenoxy) is 2. The van der Waals surface area contributed by atoms with Crippen molar-refractivity contribution in [2.45, 2.75) is 0 Å². The van der Waals surface area contributed by atoms with Crippen molar-refractivity contribution in [2.75, 3.05) is 6.61 Å². The second-order valence-corrected chi connectivity index (χ2v) is 6.94. The summed E-state index contributed by atoms with van der Waals surface area (Å²) in [7, 11) is 0. The quantitative estimate of drug-likeness (QED) is 0.235. The van der Waals surface area contributed by atoms with Crippen LogP contribution in [0, 0.1) is 0 Å². The number of carbonyl (C=O) groups excluding carboxylic acids is 2. The highest BCUT2D eigenvalue weighted by molar-refractivity contribution is 9.10. The fraction of sp³-hybridized carbons (Fsp3) is 0.0500. The van der Waals surface area contributed by atoms with Gasteiger partial charge in [-0.1, -0.05) is 27.5 Å². The third-order valence-electron chi connectivity index (χ3n) is 3.47. The minimum atomic E-state index is -0.646. The zero-order chi connectivity index (χ0) is 20.6. The summed E-state index contributed by atoms with van der Waals surface area (Å²) in [5, 5.41) is 4.45. The molecule has 0 radical (unpaired) electrons. The van der Waals surface area contributed by atoms with Gasteiger partial charge in [-0.05, 0) is 54.6 Å². The molecule has 0 bridgehead atoms. The third-order valence-corrected chi connectivity index (χ3v) is 4.22. The summed E-state index contributed by atoms with van der Waals surface area (Å²) in [6.45, 7) is -0.224. The third kappa shape index (κ3) is 6.20. The first-order valence-electron chi connectivity index (χ1n) is 8.27. The van der Waals surface area contributed by atoms with Crippen molar-refractivity contribution in [2.24, 2.45) is 5.10 Å². The van der Waals surface area contributed by atoms with E-state index in [1.165, 1.54) is 18.5 Å². The van der Waals surface area contributed by atoms with E-state index in [-0.39, 0.29) is 18.1 Å². The summed E-state index contributed by atoms with van der Waals surface area (Å²) < 4.78 is 16.4. The van der Waals surface area contributed by atoms with Crippen LogP contribution in [0.5, 0.6) is 11.5 Å². The van der Waals surface area contributed by atoms with Crippen molar-refractivity contribution < 1.29 is 23.5 Å². The molecule has 0 saturated heterocycles. The highest BCUT2D eigenvalue weighted by Crippen LogP contribution is 2.23. The molecule has 0 aliphatic rings. The van der Waals surface area contributed by atoms with Crippen molar-refractivity contribution in [3.63, 3.8) is 0 Å². The molecule has 29 heavy (non-hydrogen) atoms. The van der Waals surface area contributed by atoms with E-state index >= 15 is 0 Å². The van der Waals surface area contributed by atoms with Crippen LogP contribution in [0.1, 0.15) is 16.1 Å². The molecule has 1 N–H and O–H groups in total. The van der Waals surface area contributed by atoms with E-state index in [0.717, 1.165) is 4.47 Å². The van der Waals surface area contributed by atoms with Crippen molar-refractivity contribution in [3.8, 4) is 11.5 Å². The molecular formula is C20H14BrClN2O5. The number of nitrogens with zero attached hydrogens (tertiary/aromatic N) is 1. The van der Waals surface area contributed by atoms with Gasteiger partial charge in [0.05, 0.1) is 12.5 Å². The lowest BCUT2D eigenvalue weighted by Gasteiger charge is -2.07. The number of amides is 1. The Morgan fingerprint density at radius 3 is 2.69 bits per heavy atom. The average Bonchev–Trinajstić information content (AvgIpc) is 3.24. The molecule has 0 aliphatic heterocycles. The number of hydrogen-bond acceptors (Lipinski definition) is 6. The van der Waals surface area contributed by atoms with Gasteiger partial charge >= 0.3 is 5.97 Å². The van der Waals surface area contributed by atoms with Crippen molar-refractivity contribution in [3.05, 3.63) is 81.7 Å². The number of halogens is 2. The smallest absolute Gasteiger partial charge is 0.379 e. The van der Waals surface area contributed by atoms with Gasteiger partial charge in [0.15, 0.2) is 6.61 Å². The summed E-state index contributed by atoms with van der Waals surface area (Å²) in [5.74, 6) is -0.270. The number of nitrogens with one attached hydrogen (secondary N) is 1. The minimum absolute atomic E-state index is 0.0726. The molecule has 3 rings (SSSR count). The number of hydrazone groups is 1. The van der Waals surface area contributed by atoms with Gasteiger partial charge in [0.25, 0.3) is 5.91 Å². The lowest BCUT2D eigenvalue weighted by atomic mass is 10.2. The van der Waals surface area contributed by atoms with E-state index in [4.69, 9.17) is 25.5 Å². The summed E-state index contributed by atoms with van der Waals surface area (Å²) in [6, 6.07) is 14.7. The first-order chi connectivity index (χ1) is 14.0. The van der Waals surface area contributed by atoms with E-state index in [2.05, 4.69) is 26.5 Å². The number of benzene rings is 2. The molecule has 148 valence electrons. The van der Waals surface area contributed by atoms with Crippen LogP contribution in [0.4, 0.5) is 0 Å². The molecule has 0 fully saturated rings. The van der Waals surface area contributed by atoms with Crippen LogP contribution in [0.15, 0.2) is 74.9 Å². The van der Waals surface area contributed by atoms with Gasteiger partial charge in [-0.3, -0.25) is 4.79 Å². The number of furan rings is 1. The fourth-order valence-electron chi connectivity index (χ4n) is 2.14. The molecule has 0 saturated carbocycles. The highest BCUT2D eigenvalue weighted by Gasteiger charge is 2.14. The molecule has 1 amide bonds. The predicted octanol–water partition coefficient (Wildman–Crippen LogP) is 4.44. The second-order valence-electron chi connectivity index (χ2n) is 5.58.